The Hall–Kier alpha value is -1.92. The highest BCUT2D eigenvalue weighted by Crippen LogP contribution is 2.48. The molecule has 1 saturated carbocycles. The van der Waals surface area contributed by atoms with E-state index in [1.165, 1.54) is 30.3 Å². The van der Waals surface area contributed by atoms with Gasteiger partial charge in [-0.15, -0.1) is 6.58 Å². The van der Waals surface area contributed by atoms with E-state index in [1.807, 2.05) is 0 Å². The Labute approximate surface area is 161 Å². The normalized spacial score (nSPS) is 20.5. The lowest BCUT2D eigenvalue weighted by Crippen LogP contribution is -2.51. The van der Waals surface area contributed by atoms with Gasteiger partial charge in [0, 0.05) is 5.92 Å². The molecule has 0 N–H and O–H groups in total. The van der Waals surface area contributed by atoms with Crippen molar-refractivity contribution in [1.82, 2.24) is 0 Å². The van der Waals surface area contributed by atoms with Gasteiger partial charge < -0.3 is 0 Å². The van der Waals surface area contributed by atoms with Crippen LogP contribution in [0.1, 0.15) is 32.1 Å². The van der Waals surface area contributed by atoms with Gasteiger partial charge in [0.15, 0.2) is 23.8 Å². The second-order valence-electron chi connectivity index (χ2n) is 6.89. The van der Waals surface area contributed by atoms with Gasteiger partial charge in [-0.05, 0) is 37.1 Å². The van der Waals surface area contributed by atoms with Crippen molar-refractivity contribution in [2.75, 3.05) is 0 Å². The third-order valence-electron chi connectivity index (χ3n) is 5.41. The van der Waals surface area contributed by atoms with Gasteiger partial charge in [-0.2, -0.15) is 0 Å². The molecular formula is C21H24O4S2. The lowest BCUT2D eigenvalue weighted by molar-refractivity contribution is 0.458. The molecule has 0 amide bonds. The maximum Gasteiger partial charge on any atom is 0.199 e. The van der Waals surface area contributed by atoms with Crippen LogP contribution in [0.25, 0.3) is 0 Å². The maximum atomic E-state index is 13.8. The molecule has 0 heterocycles. The molecular weight excluding hydrogens is 380 g/mol. The van der Waals surface area contributed by atoms with E-state index in [4.69, 9.17) is 0 Å². The molecule has 4 nitrogen and oxygen atoms in total. The van der Waals surface area contributed by atoms with Gasteiger partial charge >= 0.3 is 0 Å². The van der Waals surface area contributed by atoms with E-state index < -0.39 is 29.7 Å². The molecule has 1 aliphatic rings. The first-order chi connectivity index (χ1) is 12.9. The van der Waals surface area contributed by atoms with Gasteiger partial charge in [0.1, 0.15) is 0 Å². The molecule has 1 aliphatic carbocycles. The van der Waals surface area contributed by atoms with Gasteiger partial charge in [-0.25, -0.2) is 16.8 Å². The van der Waals surface area contributed by atoms with E-state index in [1.54, 1.807) is 36.4 Å². The fraction of sp³-hybridized carbons (Fsp3) is 0.333. The van der Waals surface area contributed by atoms with Crippen molar-refractivity contribution >= 4 is 19.7 Å². The summed E-state index contributed by atoms with van der Waals surface area (Å²) in [5.41, 5.74) is 0. The summed E-state index contributed by atoms with van der Waals surface area (Å²) < 4.78 is 53.4. The minimum atomic E-state index is -4.17. The highest BCUT2D eigenvalue weighted by Gasteiger charge is 2.59. The maximum absolute atomic E-state index is 13.8. The van der Waals surface area contributed by atoms with E-state index in [2.05, 4.69) is 6.58 Å². The molecule has 0 bridgehead atoms. The summed E-state index contributed by atoms with van der Waals surface area (Å²) in [7, 11) is -8.35. The molecule has 0 spiro atoms. The predicted molar refractivity (Wildman–Crippen MR) is 107 cm³/mol. The molecule has 3 rings (SSSR count). The van der Waals surface area contributed by atoms with Crippen LogP contribution < -0.4 is 0 Å². The van der Waals surface area contributed by atoms with Gasteiger partial charge in [-0.3, -0.25) is 0 Å². The number of hydrogen-bond donors (Lipinski definition) is 0. The molecule has 27 heavy (non-hydrogen) atoms. The van der Waals surface area contributed by atoms with Crippen molar-refractivity contribution in [2.24, 2.45) is 5.92 Å². The lowest BCUT2D eigenvalue weighted by atomic mass is 9.99. The monoisotopic (exact) mass is 404 g/mol. The molecule has 2 aromatic carbocycles. The van der Waals surface area contributed by atoms with Crippen LogP contribution >= 0.6 is 0 Å². The molecule has 1 atom stereocenters. The third-order valence-corrected chi connectivity index (χ3v) is 11.3. The third kappa shape index (κ3) is 3.15. The van der Waals surface area contributed by atoms with Crippen LogP contribution in [0, 0.1) is 5.92 Å². The summed E-state index contributed by atoms with van der Waals surface area (Å²) in [5.74, 6) is -0.671. The van der Waals surface area contributed by atoms with Crippen molar-refractivity contribution in [3.05, 3.63) is 73.3 Å². The second kappa shape index (κ2) is 7.60. The molecule has 2 aromatic rings. The lowest BCUT2D eigenvalue weighted by Gasteiger charge is -2.37. The number of hydrogen-bond acceptors (Lipinski definition) is 4. The number of allylic oxidation sites excluding steroid dienone is 1. The van der Waals surface area contributed by atoms with E-state index >= 15 is 0 Å². The summed E-state index contributed by atoms with van der Waals surface area (Å²) in [6, 6.07) is 15.8. The quantitative estimate of drug-likeness (QED) is 0.547. The van der Waals surface area contributed by atoms with Crippen molar-refractivity contribution in [3.8, 4) is 0 Å². The van der Waals surface area contributed by atoms with Crippen LogP contribution in [-0.4, -0.2) is 20.9 Å². The van der Waals surface area contributed by atoms with Crippen molar-refractivity contribution < 1.29 is 16.8 Å². The summed E-state index contributed by atoms with van der Waals surface area (Å²) in [6.45, 7) is 3.81. The zero-order valence-electron chi connectivity index (χ0n) is 15.1. The molecule has 0 saturated heterocycles. The molecule has 0 aliphatic heterocycles. The number of sulfone groups is 2. The topological polar surface area (TPSA) is 68.3 Å². The smallest absolute Gasteiger partial charge is 0.199 e. The summed E-state index contributed by atoms with van der Waals surface area (Å²) in [5, 5.41) is 0. The van der Waals surface area contributed by atoms with Crippen LogP contribution in [0.15, 0.2) is 83.1 Å². The minimum Gasteiger partial charge on any atom is -0.222 e. The summed E-state index contributed by atoms with van der Waals surface area (Å²) in [4.78, 5) is 0.0801. The van der Waals surface area contributed by atoms with E-state index in [-0.39, 0.29) is 16.2 Å². The highest BCUT2D eigenvalue weighted by molar-refractivity contribution is 8.10. The SMILES string of the molecule is C=CC1CCCCCC1(S(=O)(=O)c1ccccc1)S(=O)(=O)c1ccccc1. The van der Waals surface area contributed by atoms with E-state index in [0.717, 1.165) is 12.8 Å². The fourth-order valence-corrected chi connectivity index (χ4v) is 9.64. The highest BCUT2D eigenvalue weighted by atomic mass is 32.3. The molecule has 0 radical (unpaired) electrons. The second-order valence-corrected chi connectivity index (χ2v) is 11.6. The van der Waals surface area contributed by atoms with Crippen molar-refractivity contribution in [2.45, 2.75) is 46.0 Å². The average molecular weight is 405 g/mol. The largest absolute Gasteiger partial charge is 0.222 e. The standard InChI is InChI=1S/C21H24O4S2/c1-2-18-12-6-5-11-17-21(18,26(22,23)19-13-7-3-8-14-19)27(24,25)20-15-9-4-10-16-20/h2-4,7-10,13-16,18H,1,5-6,11-12,17H2. The predicted octanol–water partition coefficient (Wildman–Crippen LogP) is 4.40. The zero-order valence-corrected chi connectivity index (χ0v) is 16.8. The van der Waals surface area contributed by atoms with Gasteiger partial charge in [0.2, 0.25) is 0 Å². The molecule has 144 valence electrons. The Bertz CT molecular complexity index is 925. The van der Waals surface area contributed by atoms with Gasteiger partial charge in [0.05, 0.1) is 9.79 Å². The Kier molecular flexibility index (Phi) is 5.58. The first-order valence-corrected chi connectivity index (χ1v) is 12.1. The molecule has 1 unspecified atom stereocenters. The Morgan fingerprint density at radius 3 is 1.70 bits per heavy atom. The first-order valence-electron chi connectivity index (χ1n) is 9.10. The Balaban J connectivity index is 2.36. The fourth-order valence-electron chi connectivity index (χ4n) is 4.03. The van der Waals surface area contributed by atoms with Crippen LogP contribution in [0.4, 0.5) is 0 Å². The van der Waals surface area contributed by atoms with E-state index in [9.17, 15) is 16.8 Å². The van der Waals surface area contributed by atoms with Crippen LogP contribution in [-0.2, 0) is 19.7 Å². The zero-order chi connectivity index (χ0) is 19.5. The van der Waals surface area contributed by atoms with E-state index in [0.29, 0.717) is 12.8 Å². The summed E-state index contributed by atoms with van der Waals surface area (Å²) >= 11 is 0. The number of rotatable bonds is 5. The van der Waals surface area contributed by atoms with Crippen molar-refractivity contribution in [1.29, 1.82) is 0 Å². The molecule has 0 aromatic heterocycles. The van der Waals surface area contributed by atoms with Crippen molar-refractivity contribution in [3.63, 3.8) is 0 Å². The first kappa shape index (κ1) is 19.8. The summed E-state index contributed by atoms with van der Waals surface area (Å²) in [6.07, 6.45) is 4.21. The molecule has 1 fully saturated rings. The Morgan fingerprint density at radius 2 is 1.26 bits per heavy atom. The average Bonchev–Trinajstić information content (AvgIpc) is 2.93. The van der Waals surface area contributed by atoms with Crippen LogP contribution in [0.3, 0.4) is 0 Å². The molecule has 6 heteroatoms. The minimum absolute atomic E-state index is 0.0401. The Morgan fingerprint density at radius 1 is 0.778 bits per heavy atom. The van der Waals surface area contributed by atoms with Gasteiger partial charge in [0.25, 0.3) is 0 Å². The van der Waals surface area contributed by atoms with Crippen LogP contribution in [0.2, 0.25) is 0 Å². The number of benzene rings is 2. The van der Waals surface area contributed by atoms with Gasteiger partial charge in [-0.1, -0.05) is 61.7 Å². The van der Waals surface area contributed by atoms with Crippen LogP contribution in [0.5, 0.6) is 0 Å².